The van der Waals surface area contributed by atoms with Gasteiger partial charge in [0.05, 0.1) is 20.3 Å². The molecule has 1 unspecified atom stereocenters. The molecular weight excluding hydrogens is 410 g/mol. The van der Waals surface area contributed by atoms with Crippen molar-refractivity contribution in [2.75, 3.05) is 5.32 Å². The standard InChI is InChI=1S/C13H9BrCl2F3NS/c1-6(8-5-11(15)21-12(8)16)20-10-3-2-7(14)4-9(10)13(17,18)19/h2-6,20H,1H3. The van der Waals surface area contributed by atoms with Gasteiger partial charge in [-0.25, -0.2) is 0 Å². The van der Waals surface area contributed by atoms with E-state index in [1.165, 1.54) is 17.4 Å². The maximum absolute atomic E-state index is 13.1. The van der Waals surface area contributed by atoms with E-state index in [0.717, 1.165) is 6.07 Å². The fourth-order valence-electron chi connectivity index (χ4n) is 1.84. The van der Waals surface area contributed by atoms with Crippen molar-refractivity contribution in [3.8, 4) is 0 Å². The van der Waals surface area contributed by atoms with Gasteiger partial charge in [-0.05, 0) is 31.2 Å². The first kappa shape index (κ1) is 16.9. The Morgan fingerprint density at radius 2 is 1.90 bits per heavy atom. The summed E-state index contributed by atoms with van der Waals surface area (Å²) in [5.74, 6) is 0. The lowest BCUT2D eigenvalue weighted by Gasteiger charge is -2.19. The summed E-state index contributed by atoms with van der Waals surface area (Å²) in [4.78, 5) is 0. The van der Waals surface area contributed by atoms with Crippen molar-refractivity contribution in [2.24, 2.45) is 0 Å². The molecule has 1 heterocycles. The summed E-state index contributed by atoms with van der Waals surface area (Å²) < 4.78 is 40.5. The third-order valence-corrected chi connectivity index (χ3v) is 4.82. The van der Waals surface area contributed by atoms with Gasteiger partial charge in [0.15, 0.2) is 0 Å². The normalized spacial score (nSPS) is 13.3. The lowest BCUT2D eigenvalue weighted by Crippen LogP contribution is -2.13. The quantitative estimate of drug-likeness (QED) is 0.565. The second-order valence-electron chi connectivity index (χ2n) is 4.33. The Bertz CT molecular complexity index is 657. The zero-order valence-corrected chi connectivity index (χ0v) is 14.5. The molecule has 1 aromatic heterocycles. The summed E-state index contributed by atoms with van der Waals surface area (Å²) in [7, 11) is 0. The highest BCUT2D eigenvalue weighted by atomic mass is 79.9. The predicted octanol–water partition coefficient (Wildman–Crippen LogP) is 7.01. The molecule has 0 aliphatic carbocycles. The van der Waals surface area contributed by atoms with Gasteiger partial charge in [-0.2, -0.15) is 13.2 Å². The minimum Gasteiger partial charge on any atom is -0.378 e. The fraction of sp³-hybridized carbons (Fsp3) is 0.231. The van der Waals surface area contributed by atoms with Crippen molar-refractivity contribution in [2.45, 2.75) is 19.1 Å². The molecule has 0 aliphatic heterocycles. The molecule has 21 heavy (non-hydrogen) atoms. The Morgan fingerprint density at radius 1 is 1.24 bits per heavy atom. The number of nitrogens with one attached hydrogen (secondary N) is 1. The second-order valence-corrected chi connectivity index (χ2v) is 7.53. The summed E-state index contributed by atoms with van der Waals surface area (Å²) in [6.07, 6.45) is -4.44. The molecule has 0 saturated heterocycles. The molecule has 1 N–H and O–H groups in total. The molecule has 1 aromatic carbocycles. The van der Waals surface area contributed by atoms with E-state index < -0.39 is 17.8 Å². The Labute approximate surface area is 142 Å². The molecule has 0 saturated carbocycles. The van der Waals surface area contributed by atoms with Crippen LogP contribution < -0.4 is 5.32 Å². The maximum Gasteiger partial charge on any atom is 0.418 e. The summed E-state index contributed by atoms with van der Waals surface area (Å²) in [5, 5.41) is 2.84. The van der Waals surface area contributed by atoms with E-state index in [-0.39, 0.29) is 5.69 Å². The molecule has 0 spiro atoms. The molecule has 2 aromatic rings. The second kappa shape index (κ2) is 6.36. The minimum atomic E-state index is -4.44. The number of anilines is 1. The van der Waals surface area contributed by atoms with E-state index in [1.807, 2.05) is 0 Å². The van der Waals surface area contributed by atoms with Crippen LogP contribution in [-0.2, 0) is 6.18 Å². The van der Waals surface area contributed by atoms with Gasteiger partial charge >= 0.3 is 6.18 Å². The summed E-state index contributed by atoms with van der Waals surface area (Å²) >= 11 is 16.1. The first-order valence-corrected chi connectivity index (χ1v) is 8.13. The number of hydrogen-bond acceptors (Lipinski definition) is 2. The Hall–Kier alpha value is -0.430. The van der Waals surface area contributed by atoms with Crippen LogP contribution in [0.2, 0.25) is 8.67 Å². The van der Waals surface area contributed by atoms with Gasteiger partial charge in [-0.15, -0.1) is 11.3 Å². The van der Waals surface area contributed by atoms with Crippen molar-refractivity contribution < 1.29 is 13.2 Å². The number of benzene rings is 1. The smallest absolute Gasteiger partial charge is 0.378 e. The zero-order chi connectivity index (χ0) is 15.8. The van der Waals surface area contributed by atoms with Crippen molar-refractivity contribution in [1.82, 2.24) is 0 Å². The fourth-order valence-corrected chi connectivity index (χ4v) is 3.84. The van der Waals surface area contributed by atoms with Crippen molar-refractivity contribution in [1.29, 1.82) is 0 Å². The van der Waals surface area contributed by atoms with Crippen LogP contribution >= 0.6 is 50.5 Å². The molecule has 0 amide bonds. The number of halogens is 6. The first-order chi connectivity index (χ1) is 9.68. The Morgan fingerprint density at radius 3 is 2.43 bits per heavy atom. The van der Waals surface area contributed by atoms with Gasteiger partial charge in [0.25, 0.3) is 0 Å². The summed E-state index contributed by atoms with van der Waals surface area (Å²) in [5.41, 5.74) is -0.0690. The van der Waals surface area contributed by atoms with Crippen LogP contribution in [0.3, 0.4) is 0 Å². The highest BCUT2D eigenvalue weighted by Crippen LogP contribution is 2.40. The van der Waals surface area contributed by atoms with Gasteiger partial charge in [-0.1, -0.05) is 39.1 Å². The predicted molar refractivity (Wildman–Crippen MR) is 85.5 cm³/mol. The number of rotatable bonds is 3. The summed E-state index contributed by atoms with van der Waals surface area (Å²) in [6.45, 7) is 1.73. The molecule has 1 atom stereocenters. The van der Waals surface area contributed by atoms with E-state index in [0.29, 0.717) is 18.7 Å². The van der Waals surface area contributed by atoms with E-state index in [4.69, 9.17) is 23.2 Å². The largest absolute Gasteiger partial charge is 0.418 e. The lowest BCUT2D eigenvalue weighted by molar-refractivity contribution is -0.137. The average Bonchev–Trinajstić information content (AvgIpc) is 2.69. The summed E-state index contributed by atoms with van der Waals surface area (Å²) in [6, 6.07) is 5.22. The minimum absolute atomic E-state index is 0.00316. The van der Waals surface area contributed by atoms with Crippen molar-refractivity contribution in [3.63, 3.8) is 0 Å². The highest BCUT2D eigenvalue weighted by Gasteiger charge is 2.34. The third kappa shape index (κ3) is 4.06. The first-order valence-electron chi connectivity index (χ1n) is 5.76. The SMILES string of the molecule is CC(Nc1ccc(Br)cc1C(F)(F)F)c1cc(Cl)sc1Cl. The topological polar surface area (TPSA) is 12.0 Å². The lowest BCUT2D eigenvalue weighted by atomic mass is 10.1. The van der Waals surface area contributed by atoms with Crippen molar-refractivity contribution in [3.05, 3.63) is 48.5 Å². The molecule has 0 bridgehead atoms. The van der Waals surface area contributed by atoms with Crippen LogP contribution in [0.5, 0.6) is 0 Å². The average molecular weight is 419 g/mol. The molecular formula is C13H9BrCl2F3NS. The van der Waals surface area contributed by atoms with Gasteiger partial charge in [0.2, 0.25) is 0 Å². The molecule has 114 valence electrons. The number of thiophene rings is 1. The van der Waals surface area contributed by atoms with Crippen LogP contribution in [0, 0.1) is 0 Å². The highest BCUT2D eigenvalue weighted by molar-refractivity contribution is 9.10. The van der Waals surface area contributed by atoms with Crippen LogP contribution in [0.4, 0.5) is 18.9 Å². The van der Waals surface area contributed by atoms with Gasteiger partial charge in [0.1, 0.15) is 0 Å². The van der Waals surface area contributed by atoms with Crippen LogP contribution in [0.25, 0.3) is 0 Å². The van der Waals surface area contributed by atoms with E-state index in [1.54, 1.807) is 19.1 Å². The van der Waals surface area contributed by atoms with E-state index in [9.17, 15) is 13.2 Å². The maximum atomic E-state index is 13.1. The molecule has 0 aliphatic rings. The van der Waals surface area contributed by atoms with E-state index in [2.05, 4.69) is 21.2 Å². The molecule has 8 heteroatoms. The third-order valence-electron chi connectivity index (χ3n) is 2.81. The monoisotopic (exact) mass is 417 g/mol. The molecule has 1 nitrogen and oxygen atoms in total. The van der Waals surface area contributed by atoms with E-state index >= 15 is 0 Å². The van der Waals surface area contributed by atoms with Gasteiger partial charge in [-0.3, -0.25) is 0 Å². The number of alkyl halides is 3. The zero-order valence-electron chi connectivity index (χ0n) is 10.6. The van der Waals surface area contributed by atoms with Gasteiger partial charge in [0, 0.05) is 15.7 Å². The van der Waals surface area contributed by atoms with Crippen molar-refractivity contribution >= 4 is 56.2 Å². The molecule has 0 fully saturated rings. The van der Waals surface area contributed by atoms with Gasteiger partial charge < -0.3 is 5.32 Å². The number of hydrogen-bond donors (Lipinski definition) is 1. The van der Waals surface area contributed by atoms with Crippen LogP contribution in [0.1, 0.15) is 24.1 Å². The Kier molecular flexibility index (Phi) is 5.13. The van der Waals surface area contributed by atoms with Crippen LogP contribution in [-0.4, -0.2) is 0 Å². The molecule has 0 radical (unpaired) electrons. The van der Waals surface area contributed by atoms with Crippen LogP contribution in [0.15, 0.2) is 28.7 Å². The Balaban J connectivity index is 2.33. The molecule has 2 rings (SSSR count).